The Morgan fingerprint density at radius 2 is 1.94 bits per heavy atom. The van der Waals surface area contributed by atoms with Gasteiger partial charge in [0.1, 0.15) is 4.90 Å². The summed E-state index contributed by atoms with van der Waals surface area (Å²) < 4.78 is 11.6. The fourth-order valence-corrected chi connectivity index (χ4v) is 2.13. The van der Waals surface area contributed by atoms with Crippen LogP contribution in [0.5, 0.6) is 0 Å². The van der Waals surface area contributed by atoms with Crippen LogP contribution in [0.25, 0.3) is 0 Å². The minimum absolute atomic E-state index is 0.0412. The van der Waals surface area contributed by atoms with Crippen molar-refractivity contribution in [2.75, 3.05) is 5.75 Å². The Kier molecular flexibility index (Phi) is 4.05. The number of hydrogen-bond donors (Lipinski definition) is 0. The third kappa shape index (κ3) is 2.94. The molecule has 0 saturated carbocycles. The van der Waals surface area contributed by atoms with Gasteiger partial charge in [-0.3, -0.25) is 24.4 Å². The lowest BCUT2D eigenvalue weighted by Gasteiger charge is -2.00. The van der Waals surface area contributed by atoms with Crippen molar-refractivity contribution in [2.45, 2.75) is 4.90 Å². The fraction of sp³-hybridized carbons (Fsp3) is 0.111. The summed E-state index contributed by atoms with van der Waals surface area (Å²) in [6.45, 7) is 3.38. The van der Waals surface area contributed by atoms with E-state index in [2.05, 4.69) is 6.58 Å². The molecule has 0 radical (unpaired) electrons. The van der Waals surface area contributed by atoms with Gasteiger partial charge in [-0.2, -0.15) is 0 Å². The van der Waals surface area contributed by atoms with Gasteiger partial charge < -0.3 is 0 Å². The highest BCUT2D eigenvalue weighted by Crippen LogP contribution is 2.27. The average molecular weight is 256 g/mol. The number of nitro benzene ring substituents is 2. The van der Waals surface area contributed by atoms with Gasteiger partial charge in [0.25, 0.3) is 11.4 Å². The molecule has 1 atom stereocenters. The average Bonchev–Trinajstić information content (AvgIpc) is 2.28. The second-order valence-corrected chi connectivity index (χ2v) is 4.43. The molecule has 0 spiro atoms. The Labute approximate surface area is 98.5 Å². The summed E-state index contributed by atoms with van der Waals surface area (Å²) in [5.41, 5.74) is -0.921. The van der Waals surface area contributed by atoms with Crippen LogP contribution in [0.1, 0.15) is 0 Å². The third-order valence-corrected chi connectivity index (χ3v) is 3.24. The van der Waals surface area contributed by atoms with Gasteiger partial charge in [-0.25, -0.2) is 0 Å². The Morgan fingerprint density at radius 1 is 1.29 bits per heavy atom. The summed E-state index contributed by atoms with van der Waals surface area (Å²) in [6, 6.07) is 3.02. The molecule has 7 nitrogen and oxygen atoms in total. The molecule has 17 heavy (non-hydrogen) atoms. The summed E-state index contributed by atoms with van der Waals surface area (Å²) in [5.74, 6) is 0.0542. The lowest BCUT2D eigenvalue weighted by atomic mass is 10.3. The first kappa shape index (κ1) is 13.0. The first-order valence-corrected chi connectivity index (χ1v) is 5.71. The van der Waals surface area contributed by atoms with Crippen LogP contribution in [0.3, 0.4) is 0 Å². The van der Waals surface area contributed by atoms with E-state index in [0.717, 1.165) is 18.2 Å². The van der Waals surface area contributed by atoms with Crippen molar-refractivity contribution in [3.05, 3.63) is 51.1 Å². The molecule has 1 aromatic rings. The van der Waals surface area contributed by atoms with Gasteiger partial charge in [-0.15, -0.1) is 6.58 Å². The molecule has 0 bridgehead atoms. The highest BCUT2D eigenvalue weighted by molar-refractivity contribution is 7.85. The predicted octanol–water partition coefficient (Wildman–Crippen LogP) is 1.80. The van der Waals surface area contributed by atoms with Gasteiger partial charge in [-0.1, -0.05) is 6.08 Å². The number of benzene rings is 1. The van der Waals surface area contributed by atoms with E-state index >= 15 is 0 Å². The van der Waals surface area contributed by atoms with E-state index in [1.807, 2.05) is 0 Å². The minimum atomic E-state index is -1.62. The summed E-state index contributed by atoms with van der Waals surface area (Å²) >= 11 is 0. The van der Waals surface area contributed by atoms with Crippen molar-refractivity contribution in [3.8, 4) is 0 Å². The van der Waals surface area contributed by atoms with E-state index in [1.54, 1.807) is 0 Å². The van der Waals surface area contributed by atoms with Gasteiger partial charge in [-0.05, 0) is 6.07 Å². The lowest BCUT2D eigenvalue weighted by Crippen LogP contribution is -2.01. The highest BCUT2D eigenvalue weighted by atomic mass is 32.2. The monoisotopic (exact) mass is 256 g/mol. The first-order valence-electron chi connectivity index (χ1n) is 4.39. The largest absolute Gasteiger partial charge is 0.292 e. The van der Waals surface area contributed by atoms with Crippen LogP contribution in [0, 0.1) is 20.2 Å². The molecule has 0 saturated heterocycles. The zero-order valence-electron chi connectivity index (χ0n) is 8.57. The quantitative estimate of drug-likeness (QED) is 0.454. The zero-order valence-corrected chi connectivity index (χ0v) is 9.38. The molecule has 0 aliphatic heterocycles. The molecule has 0 aromatic heterocycles. The van der Waals surface area contributed by atoms with E-state index in [1.165, 1.54) is 6.08 Å². The molecule has 0 N–H and O–H groups in total. The van der Waals surface area contributed by atoms with Crippen LogP contribution in [-0.2, 0) is 10.8 Å². The molecule has 1 aromatic carbocycles. The maximum Gasteiger partial charge on any atom is 0.292 e. The second-order valence-electron chi connectivity index (χ2n) is 2.97. The summed E-state index contributed by atoms with van der Waals surface area (Å²) in [6.07, 6.45) is 1.36. The lowest BCUT2D eigenvalue weighted by molar-refractivity contribution is -0.396. The zero-order chi connectivity index (χ0) is 13.0. The molecule has 8 heteroatoms. The Balaban J connectivity index is 3.31. The van der Waals surface area contributed by atoms with Crippen molar-refractivity contribution >= 4 is 22.2 Å². The van der Waals surface area contributed by atoms with E-state index in [4.69, 9.17) is 0 Å². The number of non-ortho nitro benzene ring substituents is 1. The molecule has 0 aliphatic carbocycles. The molecule has 0 aliphatic rings. The highest BCUT2D eigenvalue weighted by Gasteiger charge is 2.22. The van der Waals surface area contributed by atoms with E-state index in [-0.39, 0.29) is 10.6 Å². The van der Waals surface area contributed by atoms with Gasteiger partial charge >= 0.3 is 0 Å². The standard InChI is InChI=1S/C9H8N2O5S/c1-2-5-17(16)9-4-3-7(10(12)13)6-8(9)11(14)15/h2-4,6H,1,5H2. The van der Waals surface area contributed by atoms with Crippen LogP contribution in [0.4, 0.5) is 11.4 Å². The minimum Gasteiger partial charge on any atom is -0.258 e. The normalized spacial score (nSPS) is 11.8. The SMILES string of the molecule is C=CCS(=O)c1ccc([N+](=O)[O-])cc1[N+](=O)[O-]. The summed E-state index contributed by atoms with van der Waals surface area (Å²) in [4.78, 5) is 19.6. The maximum atomic E-state index is 11.6. The molecule has 1 rings (SSSR count). The van der Waals surface area contributed by atoms with Gasteiger partial charge in [0, 0.05) is 11.8 Å². The van der Waals surface area contributed by atoms with Gasteiger partial charge in [0.15, 0.2) is 0 Å². The predicted molar refractivity (Wildman–Crippen MR) is 61.2 cm³/mol. The van der Waals surface area contributed by atoms with Crippen molar-refractivity contribution in [1.82, 2.24) is 0 Å². The molecule has 0 heterocycles. The summed E-state index contributed by atoms with van der Waals surface area (Å²) in [7, 11) is -1.62. The molecule has 0 fully saturated rings. The third-order valence-electron chi connectivity index (χ3n) is 1.86. The smallest absolute Gasteiger partial charge is 0.258 e. The number of nitro groups is 2. The van der Waals surface area contributed by atoms with Crippen LogP contribution in [0.15, 0.2) is 35.7 Å². The second kappa shape index (κ2) is 5.30. The first-order chi connectivity index (χ1) is 7.97. The Hall–Kier alpha value is -2.09. The molecule has 0 amide bonds. The molecule has 90 valence electrons. The van der Waals surface area contributed by atoms with Crippen LogP contribution < -0.4 is 0 Å². The van der Waals surface area contributed by atoms with Crippen molar-refractivity contribution in [3.63, 3.8) is 0 Å². The van der Waals surface area contributed by atoms with Crippen LogP contribution in [-0.4, -0.2) is 19.8 Å². The number of hydrogen-bond acceptors (Lipinski definition) is 5. The van der Waals surface area contributed by atoms with Gasteiger partial charge in [0.05, 0.1) is 26.7 Å². The van der Waals surface area contributed by atoms with Crippen molar-refractivity contribution in [2.24, 2.45) is 0 Å². The fourth-order valence-electron chi connectivity index (χ4n) is 1.15. The molecule has 1 unspecified atom stereocenters. The van der Waals surface area contributed by atoms with Crippen LogP contribution in [0.2, 0.25) is 0 Å². The van der Waals surface area contributed by atoms with Crippen molar-refractivity contribution < 1.29 is 14.1 Å². The van der Waals surface area contributed by atoms with E-state index in [0.29, 0.717) is 0 Å². The maximum absolute atomic E-state index is 11.6. The van der Waals surface area contributed by atoms with E-state index in [9.17, 15) is 24.4 Å². The molecular formula is C9H8N2O5S. The number of rotatable bonds is 5. The number of nitrogens with zero attached hydrogens (tertiary/aromatic N) is 2. The van der Waals surface area contributed by atoms with Crippen molar-refractivity contribution in [1.29, 1.82) is 0 Å². The topological polar surface area (TPSA) is 103 Å². The van der Waals surface area contributed by atoms with Gasteiger partial charge in [0.2, 0.25) is 0 Å². The van der Waals surface area contributed by atoms with E-state index < -0.39 is 32.0 Å². The Bertz CT molecular complexity index is 514. The summed E-state index contributed by atoms with van der Waals surface area (Å²) in [5, 5.41) is 21.2. The molecular weight excluding hydrogens is 248 g/mol. The Morgan fingerprint density at radius 3 is 2.41 bits per heavy atom. The van der Waals surface area contributed by atoms with Crippen LogP contribution >= 0.6 is 0 Å².